The summed E-state index contributed by atoms with van der Waals surface area (Å²) in [5.41, 5.74) is 0.499. The summed E-state index contributed by atoms with van der Waals surface area (Å²) in [5.74, 6) is -0.0843. The second kappa shape index (κ2) is 8.81. The molecule has 160 valence electrons. The van der Waals surface area contributed by atoms with Gasteiger partial charge in [0.2, 0.25) is 0 Å². The van der Waals surface area contributed by atoms with Gasteiger partial charge in [-0.2, -0.15) is 0 Å². The van der Waals surface area contributed by atoms with E-state index in [4.69, 9.17) is 9.15 Å². The number of hydrogen-bond donors (Lipinski definition) is 1. The Morgan fingerprint density at radius 2 is 2.03 bits per heavy atom. The van der Waals surface area contributed by atoms with E-state index < -0.39 is 17.7 Å². The van der Waals surface area contributed by atoms with Gasteiger partial charge in [0.15, 0.2) is 0 Å². The van der Waals surface area contributed by atoms with Gasteiger partial charge in [-0.3, -0.25) is 9.59 Å². The molecule has 1 N–H and O–H groups in total. The third kappa shape index (κ3) is 4.27. The lowest BCUT2D eigenvalue weighted by molar-refractivity contribution is -0.140. The van der Waals surface area contributed by atoms with Crippen LogP contribution in [0.3, 0.4) is 0 Å². The normalized spacial score (nSPS) is 18.2. The minimum atomic E-state index is -0.712. The molecular formula is C24H23NO5S. The minimum absolute atomic E-state index is 0.0695. The van der Waals surface area contributed by atoms with Crippen molar-refractivity contribution in [2.45, 2.75) is 26.4 Å². The molecule has 2 aromatic heterocycles. The highest BCUT2D eigenvalue weighted by atomic mass is 32.1. The molecule has 1 fully saturated rings. The Bertz CT molecular complexity index is 1100. The molecule has 1 atom stereocenters. The summed E-state index contributed by atoms with van der Waals surface area (Å²) in [6, 6.07) is 13.4. The van der Waals surface area contributed by atoms with Gasteiger partial charge in [-0.25, -0.2) is 0 Å². The van der Waals surface area contributed by atoms with Crippen LogP contribution in [0.15, 0.2) is 70.2 Å². The molecule has 0 aliphatic carbocycles. The number of ketones is 1. The summed E-state index contributed by atoms with van der Waals surface area (Å²) in [5, 5.41) is 13.0. The molecule has 3 heterocycles. The van der Waals surface area contributed by atoms with Crippen LogP contribution in [0.2, 0.25) is 0 Å². The van der Waals surface area contributed by atoms with E-state index in [9.17, 15) is 14.7 Å². The van der Waals surface area contributed by atoms with Crippen molar-refractivity contribution < 1.29 is 23.8 Å². The van der Waals surface area contributed by atoms with E-state index >= 15 is 0 Å². The Labute approximate surface area is 184 Å². The molecule has 1 amide bonds. The fourth-order valence-electron chi connectivity index (χ4n) is 3.51. The molecule has 1 aliphatic heterocycles. The zero-order valence-electron chi connectivity index (χ0n) is 17.3. The number of thiophene rings is 1. The number of carbonyl (C=O) groups excluding carboxylic acids is 2. The van der Waals surface area contributed by atoms with Gasteiger partial charge in [-0.1, -0.05) is 32.0 Å². The molecule has 1 aliphatic rings. The summed E-state index contributed by atoms with van der Waals surface area (Å²) in [7, 11) is 0. The first-order valence-electron chi connectivity index (χ1n) is 10.0. The van der Waals surface area contributed by atoms with Crippen LogP contribution in [-0.2, 0) is 16.1 Å². The number of carbonyl (C=O) groups is 2. The van der Waals surface area contributed by atoms with E-state index in [1.807, 2.05) is 31.4 Å². The highest BCUT2D eigenvalue weighted by Crippen LogP contribution is 2.42. The van der Waals surface area contributed by atoms with Crippen LogP contribution in [0.5, 0.6) is 5.75 Å². The first kappa shape index (κ1) is 20.9. The van der Waals surface area contributed by atoms with Gasteiger partial charge >= 0.3 is 0 Å². The second-order valence-corrected chi connectivity index (χ2v) is 8.73. The maximum absolute atomic E-state index is 13.0. The molecule has 0 radical (unpaired) electrons. The average molecular weight is 438 g/mol. The summed E-state index contributed by atoms with van der Waals surface area (Å²) in [6.45, 7) is 4.76. The number of hydrogen-bond acceptors (Lipinski definition) is 6. The van der Waals surface area contributed by atoms with Gasteiger partial charge in [0.1, 0.15) is 23.3 Å². The highest BCUT2D eigenvalue weighted by molar-refractivity contribution is 7.10. The molecule has 31 heavy (non-hydrogen) atoms. The minimum Gasteiger partial charge on any atom is -0.507 e. The molecule has 0 bridgehead atoms. The van der Waals surface area contributed by atoms with Crippen molar-refractivity contribution in [2.24, 2.45) is 5.92 Å². The summed E-state index contributed by atoms with van der Waals surface area (Å²) >= 11 is 1.42. The van der Waals surface area contributed by atoms with Crippen molar-refractivity contribution in [3.05, 3.63) is 81.9 Å². The van der Waals surface area contributed by atoms with Crippen LogP contribution >= 0.6 is 11.3 Å². The Morgan fingerprint density at radius 1 is 1.19 bits per heavy atom. The Morgan fingerprint density at radius 3 is 2.71 bits per heavy atom. The van der Waals surface area contributed by atoms with Gasteiger partial charge in [0.25, 0.3) is 11.7 Å². The van der Waals surface area contributed by atoms with Gasteiger partial charge in [0, 0.05) is 10.4 Å². The largest absolute Gasteiger partial charge is 0.507 e. The zero-order chi connectivity index (χ0) is 22.0. The predicted octanol–water partition coefficient (Wildman–Crippen LogP) is 5.00. The van der Waals surface area contributed by atoms with Gasteiger partial charge in [0.05, 0.1) is 25.0 Å². The third-order valence-electron chi connectivity index (χ3n) is 4.95. The average Bonchev–Trinajstić information content (AvgIpc) is 3.51. The molecule has 1 unspecified atom stereocenters. The predicted molar refractivity (Wildman–Crippen MR) is 118 cm³/mol. The molecule has 1 saturated heterocycles. The number of benzene rings is 1. The molecule has 6 nitrogen and oxygen atoms in total. The number of ether oxygens (including phenoxy) is 1. The highest BCUT2D eigenvalue weighted by Gasteiger charge is 2.46. The summed E-state index contributed by atoms with van der Waals surface area (Å²) < 4.78 is 11.1. The Kier molecular flexibility index (Phi) is 5.95. The number of aliphatic hydroxyl groups excluding tert-OH is 1. The van der Waals surface area contributed by atoms with E-state index in [2.05, 4.69) is 0 Å². The first-order valence-corrected chi connectivity index (χ1v) is 10.9. The maximum atomic E-state index is 13.0. The van der Waals surface area contributed by atoms with Gasteiger partial charge < -0.3 is 19.2 Å². The van der Waals surface area contributed by atoms with E-state index in [1.165, 1.54) is 22.5 Å². The van der Waals surface area contributed by atoms with Crippen molar-refractivity contribution in [2.75, 3.05) is 6.61 Å². The van der Waals surface area contributed by atoms with Crippen molar-refractivity contribution in [3.8, 4) is 5.75 Å². The topological polar surface area (TPSA) is 80.0 Å². The first-order chi connectivity index (χ1) is 15.0. The van der Waals surface area contributed by atoms with Gasteiger partial charge in [-0.05, 0) is 41.6 Å². The van der Waals surface area contributed by atoms with E-state index in [0.29, 0.717) is 29.6 Å². The quantitative estimate of drug-likeness (QED) is 0.320. The number of nitrogens with zero attached hydrogens (tertiary/aromatic N) is 1. The standard InChI is InChI=1S/C24H23NO5S/c1-15(2)14-30-17-7-3-6-16(12-17)22(26)20-21(19-9-5-11-31-19)25(24(28)23(20)27)13-18-8-4-10-29-18/h3-12,15,21,26H,13-14H2,1-2H3/b22-20-. The van der Waals surface area contributed by atoms with Crippen LogP contribution in [-0.4, -0.2) is 28.3 Å². The molecule has 0 saturated carbocycles. The number of Topliss-reactive ketones (excluding diaryl/α,β-unsaturated/α-hetero) is 1. The number of amides is 1. The fourth-order valence-corrected chi connectivity index (χ4v) is 4.35. The molecule has 3 aromatic rings. The third-order valence-corrected chi connectivity index (χ3v) is 5.87. The number of likely N-dealkylation sites (tertiary alicyclic amines) is 1. The van der Waals surface area contributed by atoms with Gasteiger partial charge in [-0.15, -0.1) is 11.3 Å². The molecule has 1 aromatic carbocycles. The van der Waals surface area contributed by atoms with E-state index in [-0.39, 0.29) is 17.9 Å². The SMILES string of the molecule is CC(C)COc1cccc(/C(O)=C2/C(=O)C(=O)N(Cc3ccco3)C2c2cccs2)c1. The van der Waals surface area contributed by atoms with Crippen LogP contribution in [0.1, 0.15) is 36.1 Å². The van der Waals surface area contributed by atoms with Crippen molar-refractivity contribution >= 4 is 28.8 Å². The van der Waals surface area contributed by atoms with Crippen molar-refractivity contribution in [1.82, 2.24) is 4.90 Å². The van der Waals surface area contributed by atoms with E-state index in [1.54, 1.807) is 36.4 Å². The molecule has 0 spiro atoms. The lowest BCUT2D eigenvalue weighted by Gasteiger charge is -2.23. The molecule has 7 heteroatoms. The number of rotatable bonds is 7. The smallest absolute Gasteiger partial charge is 0.296 e. The molecule has 4 rings (SSSR count). The monoisotopic (exact) mass is 437 g/mol. The second-order valence-electron chi connectivity index (χ2n) is 7.75. The Hall–Kier alpha value is -3.32. The summed E-state index contributed by atoms with van der Waals surface area (Å²) in [4.78, 5) is 28.1. The van der Waals surface area contributed by atoms with Crippen molar-refractivity contribution in [1.29, 1.82) is 0 Å². The van der Waals surface area contributed by atoms with Crippen LogP contribution in [0, 0.1) is 5.92 Å². The fraction of sp³-hybridized carbons (Fsp3) is 0.250. The number of furan rings is 1. The van der Waals surface area contributed by atoms with Crippen molar-refractivity contribution in [3.63, 3.8) is 0 Å². The lowest BCUT2D eigenvalue weighted by atomic mass is 9.99. The zero-order valence-corrected chi connectivity index (χ0v) is 18.1. The van der Waals surface area contributed by atoms with Crippen LogP contribution in [0.4, 0.5) is 0 Å². The van der Waals surface area contributed by atoms with Crippen LogP contribution in [0.25, 0.3) is 5.76 Å². The molecular weight excluding hydrogens is 414 g/mol. The maximum Gasteiger partial charge on any atom is 0.296 e. The Balaban J connectivity index is 1.76. The number of aliphatic hydroxyl groups is 1. The van der Waals surface area contributed by atoms with Crippen LogP contribution < -0.4 is 4.74 Å². The van der Waals surface area contributed by atoms with E-state index in [0.717, 1.165) is 4.88 Å². The summed E-state index contributed by atoms with van der Waals surface area (Å²) in [6.07, 6.45) is 1.52. The lowest BCUT2D eigenvalue weighted by Crippen LogP contribution is -2.28.